The molecule has 0 spiro atoms. The van der Waals surface area contributed by atoms with E-state index >= 15 is 0 Å². The normalized spacial score (nSPS) is 19.3. The van der Waals surface area contributed by atoms with Gasteiger partial charge in [0.1, 0.15) is 0 Å². The Kier molecular flexibility index (Phi) is 4.96. The summed E-state index contributed by atoms with van der Waals surface area (Å²) in [6.07, 6.45) is 2.20. The fourth-order valence-electron chi connectivity index (χ4n) is 2.31. The van der Waals surface area contributed by atoms with Crippen molar-refractivity contribution in [2.24, 2.45) is 0 Å². The smallest absolute Gasteiger partial charge is 0.234 e. The number of piperidine rings is 1. The Morgan fingerprint density at radius 2 is 2.21 bits per heavy atom. The van der Waals surface area contributed by atoms with E-state index in [9.17, 15) is 4.79 Å². The molecule has 1 aromatic heterocycles. The standard InChI is InChI=1S/C14H23N3OS/c1-14(15-2)5-7-17(8-6-14)11-13(18)16-10-12-4-3-9-19-12/h3-4,9,15H,5-8,10-11H2,1-2H3,(H,16,18). The second-order valence-corrected chi connectivity index (χ2v) is 6.48. The van der Waals surface area contributed by atoms with Gasteiger partial charge in [-0.25, -0.2) is 0 Å². The van der Waals surface area contributed by atoms with Gasteiger partial charge in [0, 0.05) is 23.5 Å². The van der Waals surface area contributed by atoms with E-state index in [1.807, 2.05) is 24.6 Å². The van der Waals surface area contributed by atoms with Crippen molar-refractivity contribution >= 4 is 17.2 Å². The van der Waals surface area contributed by atoms with Gasteiger partial charge in [-0.3, -0.25) is 9.69 Å². The van der Waals surface area contributed by atoms with Gasteiger partial charge < -0.3 is 10.6 Å². The van der Waals surface area contributed by atoms with Crippen LogP contribution in [0.5, 0.6) is 0 Å². The lowest BCUT2D eigenvalue weighted by Crippen LogP contribution is -2.51. The predicted octanol–water partition coefficient (Wildman–Crippen LogP) is 1.44. The average Bonchev–Trinajstić information content (AvgIpc) is 2.93. The molecule has 0 aliphatic carbocycles. The molecule has 0 atom stereocenters. The number of hydrogen-bond donors (Lipinski definition) is 2. The Morgan fingerprint density at radius 3 is 2.79 bits per heavy atom. The van der Waals surface area contributed by atoms with Crippen LogP contribution in [0.4, 0.5) is 0 Å². The molecule has 0 bridgehead atoms. The van der Waals surface area contributed by atoms with Crippen molar-refractivity contribution in [1.82, 2.24) is 15.5 Å². The first-order valence-electron chi connectivity index (χ1n) is 6.82. The van der Waals surface area contributed by atoms with Gasteiger partial charge in [-0.05, 0) is 38.3 Å². The highest BCUT2D eigenvalue weighted by molar-refractivity contribution is 7.09. The first kappa shape index (κ1) is 14.5. The quantitative estimate of drug-likeness (QED) is 0.858. The summed E-state index contributed by atoms with van der Waals surface area (Å²) in [5, 5.41) is 8.39. The van der Waals surface area contributed by atoms with Crippen LogP contribution in [0.15, 0.2) is 17.5 Å². The topological polar surface area (TPSA) is 44.4 Å². The molecule has 2 heterocycles. The molecule has 0 unspecified atom stereocenters. The zero-order chi connectivity index (χ0) is 13.7. The molecule has 19 heavy (non-hydrogen) atoms. The summed E-state index contributed by atoms with van der Waals surface area (Å²) < 4.78 is 0. The fraction of sp³-hybridized carbons (Fsp3) is 0.643. The van der Waals surface area contributed by atoms with E-state index in [2.05, 4.69) is 22.5 Å². The van der Waals surface area contributed by atoms with E-state index in [1.165, 1.54) is 4.88 Å². The second-order valence-electron chi connectivity index (χ2n) is 5.44. The number of rotatable bonds is 5. The van der Waals surface area contributed by atoms with Crippen molar-refractivity contribution in [3.63, 3.8) is 0 Å². The molecule has 2 N–H and O–H groups in total. The lowest BCUT2D eigenvalue weighted by molar-refractivity contribution is -0.122. The molecule has 4 nitrogen and oxygen atoms in total. The van der Waals surface area contributed by atoms with Gasteiger partial charge >= 0.3 is 0 Å². The summed E-state index contributed by atoms with van der Waals surface area (Å²) in [7, 11) is 2.02. The van der Waals surface area contributed by atoms with Gasteiger partial charge in [0.2, 0.25) is 5.91 Å². The number of thiophene rings is 1. The van der Waals surface area contributed by atoms with Crippen molar-refractivity contribution in [1.29, 1.82) is 0 Å². The molecular formula is C14H23N3OS. The van der Waals surface area contributed by atoms with E-state index < -0.39 is 0 Å². The lowest BCUT2D eigenvalue weighted by atomic mass is 9.90. The molecular weight excluding hydrogens is 258 g/mol. The summed E-state index contributed by atoms with van der Waals surface area (Å²) in [6.45, 7) is 5.40. The van der Waals surface area contributed by atoms with E-state index in [-0.39, 0.29) is 11.4 Å². The SMILES string of the molecule is CNC1(C)CCN(CC(=O)NCc2cccs2)CC1. The number of amides is 1. The maximum absolute atomic E-state index is 11.9. The summed E-state index contributed by atoms with van der Waals surface area (Å²) in [5.41, 5.74) is 0.240. The molecule has 0 saturated carbocycles. The Bertz CT molecular complexity index is 397. The van der Waals surface area contributed by atoms with Crippen molar-refractivity contribution < 1.29 is 4.79 Å². The van der Waals surface area contributed by atoms with Gasteiger partial charge in [-0.1, -0.05) is 6.07 Å². The van der Waals surface area contributed by atoms with Crippen LogP contribution < -0.4 is 10.6 Å². The predicted molar refractivity (Wildman–Crippen MR) is 79.3 cm³/mol. The molecule has 0 aromatic carbocycles. The first-order chi connectivity index (χ1) is 9.11. The van der Waals surface area contributed by atoms with Gasteiger partial charge in [0.05, 0.1) is 13.1 Å². The zero-order valence-electron chi connectivity index (χ0n) is 11.7. The number of carbonyl (C=O) groups is 1. The van der Waals surface area contributed by atoms with Crippen LogP contribution in [0.3, 0.4) is 0 Å². The number of nitrogens with zero attached hydrogens (tertiary/aromatic N) is 1. The Balaban J connectivity index is 1.69. The molecule has 0 radical (unpaired) electrons. The summed E-state index contributed by atoms with van der Waals surface area (Å²) in [6, 6.07) is 4.06. The first-order valence-corrected chi connectivity index (χ1v) is 7.70. The van der Waals surface area contributed by atoms with E-state index in [4.69, 9.17) is 0 Å². The van der Waals surface area contributed by atoms with Gasteiger partial charge in [0.25, 0.3) is 0 Å². The maximum atomic E-state index is 11.9. The highest BCUT2D eigenvalue weighted by Gasteiger charge is 2.28. The van der Waals surface area contributed by atoms with Crippen LogP contribution in [0.2, 0.25) is 0 Å². The maximum Gasteiger partial charge on any atom is 0.234 e. The number of nitrogens with one attached hydrogen (secondary N) is 2. The minimum Gasteiger partial charge on any atom is -0.350 e. The molecule has 5 heteroatoms. The van der Waals surface area contributed by atoms with Crippen molar-refractivity contribution in [2.45, 2.75) is 31.8 Å². The molecule has 1 amide bonds. The molecule has 1 aliphatic rings. The number of carbonyl (C=O) groups excluding carboxylic acids is 1. The van der Waals surface area contributed by atoms with Gasteiger partial charge in [0.15, 0.2) is 0 Å². The Morgan fingerprint density at radius 1 is 1.47 bits per heavy atom. The summed E-state index contributed by atoms with van der Waals surface area (Å²) in [4.78, 5) is 15.3. The van der Waals surface area contributed by atoms with Crippen LogP contribution in [-0.4, -0.2) is 43.0 Å². The van der Waals surface area contributed by atoms with Gasteiger partial charge in [-0.2, -0.15) is 0 Å². The molecule has 2 rings (SSSR count). The molecule has 106 valence electrons. The number of likely N-dealkylation sites (tertiary alicyclic amines) is 1. The van der Waals surface area contributed by atoms with E-state index in [1.54, 1.807) is 11.3 Å². The highest BCUT2D eigenvalue weighted by Crippen LogP contribution is 2.20. The number of hydrogen-bond acceptors (Lipinski definition) is 4. The van der Waals surface area contributed by atoms with Crippen LogP contribution in [-0.2, 0) is 11.3 Å². The highest BCUT2D eigenvalue weighted by atomic mass is 32.1. The van der Waals surface area contributed by atoms with Crippen LogP contribution in [0.25, 0.3) is 0 Å². The summed E-state index contributed by atoms with van der Waals surface area (Å²) >= 11 is 1.68. The van der Waals surface area contributed by atoms with Crippen molar-refractivity contribution in [2.75, 3.05) is 26.7 Å². The minimum atomic E-state index is 0.126. The zero-order valence-corrected chi connectivity index (χ0v) is 12.6. The van der Waals surface area contributed by atoms with E-state index in [0.717, 1.165) is 25.9 Å². The molecule has 1 aromatic rings. The second kappa shape index (κ2) is 6.50. The third-order valence-electron chi connectivity index (χ3n) is 3.97. The van der Waals surface area contributed by atoms with Crippen molar-refractivity contribution in [3.05, 3.63) is 22.4 Å². The third kappa shape index (κ3) is 4.30. The van der Waals surface area contributed by atoms with Crippen LogP contribution in [0, 0.1) is 0 Å². The fourth-order valence-corrected chi connectivity index (χ4v) is 2.96. The lowest BCUT2D eigenvalue weighted by Gasteiger charge is -2.39. The van der Waals surface area contributed by atoms with E-state index in [0.29, 0.717) is 13.1 Å². The Labute approximate surface area is 119 Å². The Hall–Kier alpha value is -0.910. The van der Waals surface area contributed by atoms with Gasteiger partial charge in [-0.15, -0.1) is 11.3 Å². The van der Waals surface area contributed by atoms with Crippen LogP contribution >= 0.6 is 11.3 Å². The summed E-state index contributed by atoms with van der Waals surface area (Å²) in [5.74, 6) is 0.126. The average molecular weight is 281 g/mol. The monoisotopic (exact) mass is 281 g/mol. The van der Waals surface area contributed by atoms with Crippen molar-refractivity contribution in [3.8, 4) is 0 Å². The molecule has 1 fully saturated rings. The molecule has 1 aliphatic heterocycles. The third-order valence-corrected chi connectivity index (χ3v) is 4.85. The largest absolute Gasteiger partial charge is 0.350 e. The molecule has 1 saturated heterocycles. The van der Waals surface area contributed by atoms with Crippen LogP contribution in [0.1, 0.15) is 24.6 Å². The minimum absolute atomic E-state index is 0.126.